The van der Waals surface area contributed by atoms with Crippen LogP contribution in [0.5, 0.6) is 0 Å². The molecule has 2 bridgehead atoms. The van der Waals surface area contributed by atoms with Crippen molar-refractivity contribution in [3.05, 3.63) is 18.3 Å². The molecule has 6 heterocycles. The molecule has 7 heteroatoms. The second kappa shape index (κ2) is 5.07. The summed E-state index contributed by atoms with van der Waals surface area (Å²) in [7, 11) is 0. The molecule has 24 heavy (non-hydrogen) atoms. The zero-order chi connectivity index (χ0) is 16.3. The van der Waals surface area contributed by atoms with Gasteiger partial charge in [-0.2, -0.15) is 9.61 Å². The van der Waals surface area contributed by atoms with Gasteiger partial charge in [0.15, 0.2) is 5.65 Å². The highest BCUT2D eigenvalue weighted by Gasteiger charge is 2.39. The van der Waals surface area contributed by atoms with Crippen molar-refractivity contribution in [2.45, 2.75) is 38.0 Å². The number of hydrogen-bond donors (Lipinski definition) is 0. The first kappa shape index (κ1) is 14.5. The normalized spacial score (nSPS) is 28.9. The standard InChI is InChI=1S/C17H23N5O2/c1-17(2)11-23-6-5-21(17)16-8-15(19-14-3-4-18-22(14)16)20-9-12-7-13(10-20)24-12/h3-4,8,12-13H,5-7,9-11H2,1-2H3. The molecule has 0 aliphatic carbocycles. The van der Waals surface area contributed by atoms with Crippen molar-refractivity contribution >= 4 is 17.3 Å². The second-order valence-corrected chi connectivity index (χ2v) is 7.61. The van der Waals surface area contributed by atoms with Crippen LogP contribution in [0.3, 0.4) is 0 Å². The van der Waals surface area contributed by atoms with Crippen molar-refractivity contribution in [1.29, 1.82) is 0 Å². The van der Waals surface area contributed by atoms with Crippen LogP contribution in [-0.4, -0.2) is 65.2 Å². The van der Waals surface area contributed by atoms with Gasteiger partial charge in [-0.15, -0.1) is 0 Å². The lowest BCUT2D eigenvalue weighted by molar-refractivity contribution is -0.133. The van der Waals surface area contributed by atoms with Crippen LogP contribution in [-0.2, 0) is 9.47 Å². The number of piperidine rings is 1. The van der Waals surface area contributed by atoms with E-state index in [-0.39, 0.29) is 5.54 Å². The minimum absolute atomic E-state index is 0.0666. The topological polar surface area (TPSA) is 55.1 Å². The van der Waals surface area contributed by atoms with Gasteiger partial charge in [-0.25, -0.2) is 4.98 Å². The number of nitrogens with zero attached hydrogens (tertiary/aromatic N) is 5. The Hall–Kier alpha value is -1.86. The first-order valence-electron chi connectivity index (χ1n) is 8.71. The summed E-state index contributed by atoms with van der Waals surface area (Å²) >= 11 is 0. The van der Waals surface area contributed by atoms with Crippen molar-refractivity contribution in [2.75, 3.05) is 42.6 Å². The van der Waals surface area contributed by atoms with Gasteiger partial charge in [-0.1, -0.05) is 0 Å². The molecule has 0 saturated carbocycles. The third-order valence-electron chi connectivity index (χ3n) is 5.33. The summed E-state index contributed by atoms with van der Waals surface area (Å²) in [5.41, 5.74) is 0.827. The molecule has 2 aromatic heterocycles. The summed E-state index contributed by atoms with van der Waals surface area (Å²) in [5, 5.41) is 4.50. The van der Waals surface area contributed by atoms with Gasteiger partial charge in [0.2, 0.25) is 0 Å². The van der Waals surface area contributed by atoms with Crippen LogP contribution in [0.2, 0.25) is 0 Å². The lowest BCUT2D eigenvalue weighted by atomic mass is 9.99. The highest BCUT2D eigenvalue weighted by atomic mass is 16.5. The lowest BCUT2D eigenvalue weighted by Crippen LogP contribution is -2.57. The van der Waals surface area contributed by atoms with Gasteiger partial charge in [0.1, 0.15) is 11.6 Å². The van der Waals surface area contributed by atoms with E-state index in [0.29, 0.717) is 12.2 Å². The van der Waals surface area contributed by atoms with E-state index in [4.69, 9.17) is 14.5 Å². The number of ether oxygens (including phenoxy) is 2. The van der Waals surface area contributed by atoms with Crippen LogP contribution < -0.4 is 9.80 Å². The summed E-state index contributed by atoms with van der Waals surface area (Å²) < 4.78 is 13.4. The van der Waals surface area contributed by atoms with Crippen LogP contribution in [0, 0.1) is 0 Å². The smallest absolute Gasteiger partial charge is 0.159 e. The van der Waals surface area contributed by atoms with Crippen LogP contribution in [0.15, 0.2) is 18.3 Å². The predicted octanol–water partition coefficient (Wildman–Crippen LogP) is 1.32. The van der Waals surface area contributed by atoms with Crippen LogP contribution in [0.1, 0.15) is 20.3 Å². The van der Waals surface area contributed by atoms with Crippen molar-refractivity contribution in [3.63, 3.8) is 0 Å². The number of morpholine rings is 2. The Labute approximate surface area is 141 Å². The number of rotatable bonds is 2. The van der Waals surface area contributed by atoms with Crippen LogP contribution in [0.4, 0.5) is 11.6 Å². The Morgan fingerprint density at radius 3 is 2.79 bits per heavy atom. The molecule has 7 nitrogen and oxygen atoms in total. The molecule has 0 amide bonds. The molecule has 2 aromatic rings. The maximum absolute atomic E-state index is 5.76. The van der Waals surface area contributed by atoms with Gasteiger partial charge >= 0.3 is 0 Å². The average molecular weight is 329 g/mol. The van der Waals surface area contributed by atoms with E-state index < -0.39 is 0 Å². The van der Waals surface area contributed by atoms with E-state index in [1.165, 1.54) is 6.42 Å². The number of hydrogen-bond acceptors (Lipinski definition) is 6. The zero-order valence-electron chi connectivity index (χ0n) is 14.2. The first-order valence-corrected chi connectivity index (χ1v) is 8.71. The number of anilines is 2. The van der Waals surface area contributed by atoms with Gasteiger partial charge in [0.25, 0.3) is 0 Å². The molecule has 4 fully saturated rings. The van der Waals surface area contributed by atoms with E-state index in [1.807, 2.05) is 16.8 Å². The molecule has 4 aliphatic heterocycles. The fourth-order valence-corrected chi connectivity index (χ4v) is 4.06. The zero-order valence-corrected chi connectivity index (χ0v) is 14.2. The van der Waals surface area contributed by atoms with Crippen molar-refractivity contribution in [3.8, 4) is 0 Å². The molecule has 6 rings (SSSR count). The van der Waals surface area contributed by atoms with E-state index >= 15 is 0 Å². The van der Waals surface area contributed by atoms with E-state index in [9.17, 15) is 0 Å². The Morgan fingerprint density at radius 2 is 2.04 bits per heavy atom. The fraction of sp³-hybridized carbons (Fsp3) is 0.647. The van der Waals surface area contributed by atoms with E-state index in [1.54, 1.807) is 0 Å². The van der Waals surface area contributed by atoms with E-state index in [2.05, 4.69) is 34.8 Å². The number of fused-ring (bicyclic) bond motifs is 3. The molecule has 0 radical (unpaired) electrons. The highest BCUT2D eigenvalue weighted by Crippen LogP contribution is 2.34. The number of aromatic nitrogens is 3. The molecule has 4 aliphatic rings. The summed E-state index contributed by atoms with van der Waals surface area (Å²) in [6, 6.07) is 4.15. The second-order valence-electron chi connectivity index (χ2n) is 7.61. The summed E-state index contributed by atoms with van der Waals surface area (Å²) in [6.45, 7) is 8.61. The first-order chi connectivity index (χ1) is 11.6. The SMILES string of the molecule is CC1(C)COCCN1c1cc(N2CC3CC(C2)O3)nc2ccnn12. The monoisotopic (exact) mass is 329 g/mol. The quantitative estimate of drug-likeness (QED) is 0.828. The third kappa shape index (κ3) is 2.18. The largest absolute Gasteiger partial charge is 0.377 e. The third-order valence-corrected chi connectivity index (χ3v) is 5.33. The van der Waals surface area contributed by atoms with Gasteiger partial charge in [-0.05, 0) is 13.8 Å². The van der Waals surface area contributed by atoms with Gasteiger partial charge in [0.05, 0.1) is 37.2 Å². The highest BCUT2D eigenvalue weighted by molar-refractivity contribution is 5.60. The maximum atomic E-state index is 5.76. The molecule has 4 saturated heterocycles. The average Bonchev–Trinajstić information content (AvgIpc) is 3.02. The van der Waals surface area contributed by atoms with E-state index in [0.717, 1.165) is 50.1 Å². The summed E-state index contributed by atoms with van der Waals surface area (Å²) in [5.74, 6) is 2.12. The fourth-order valence-electron chi connectivity index (χ4n) is 4.06. The molecular formula is C17H23N5O2. The van der Waals surface area contributed by atoms with Gasteiger partial charge < -0.3 is 19.3 Å². The Morgan fingerprint density at radius 1 is 1.25 bits per heavy atom. The molecule has 128 valence electrons. The van der Waals surface area contributed by atoms with Crippen LogP contribution >= 0.6 is 0 Å². The molecule has 0 spiro atoms. The molecule has 0 aromatic carbocycles. The minimum Gasteiger partial charge on any atom is -0.377 e. The van der Waals surface area contributed by atoms with Crippen molar-refractivity contribution in [1.82, 2.24) is 14.6 Å². The molecule has 2 unspecified atom stereocenters. The summed E-state index contributed by atoms with van der Waals surface area (Å²) in [6.07, 6.45) is 3.75. The Balaban J connectivity index is 1.58. The van der Waals surface area contributed by atoms with Crippen molar-refractivity contribution < 1.29 is 9.47 Å². The molecular weight excluding hydrogens is 306 g/mol. The maximum Gasteiger partial charge on any atom is 0.159 e. The lowest BCUT2D eigenvalue weighted by Gasteiger charge is -2.48. The Kier molecular flexibility index (Phi) is 3.06. The molecule has 0 N–H and O–H groups in total. The Bertz CT molecular complexity index is 757. The van der Waals surface area contributed by atoms with Gasteiger partial charge in [-0.3, -0.25) is 0 Å². The molecule has 2 atom stereocenters. The van der Waals surface area contributed by atoms with Crippen molar-refractivity contribution in [2.24, 2.45) is 0 Å². The van der Waals surface area contributed by atoms with Gasteiger partial charge in [0, 0.05) is 38.2 Å². The summed E-state index contributed by atoms with van der Waals surface area (Å²) in [4.78, 5) is 9.58. The van der Waals surface area contributed by atoms with Crippen LogP contribution in [0.25, 0.3) is 5.65 Å². The minimum atomic E-state index is -0.0666. The predicted molar refractivity (Wildman–Crippen MR) is 90.7 cm³/mol.